The predicted octanol–water partition coefficient (Wildman–Crippen LogP) is 4.20. The molecule has 3 nitrogen and oxygen atoms in total. The van der Waals surface area contributed by atoms with Crippen LogP contribution in [-0.4, -0.2) is 17.8 Å². The fourth-order valence-electron chi connectivity index (χ4n) is 1.83. The van der Waals surface area contributed by atoms with Gasteiger partial charge in [-0.1, -0.05) is 24.3 Å². The minimum atomic E-state index is -0.164. The highest BCUT2D eigenvalue weighted by atomic mass is 32.2. The Bertz CT molecular complexity index is 586. The Balaban J connectivity index is 1.95. The van der Waals surface area contributed by atoms with E-state index in [1.165, 1.54) is 0 Å². The number of benzene rings is 2. The van der Waals surface area contributed by atoms with Gasteiger partial charge in [0.05, 0.1) is 11.9 Å². The average molecular weight is 301 g/mol. The van der Waals surface area contributed by atoms with Crippen molar-refractivity contribution >= 4 is 23.4 Å². The number of amides is 1. The third-order valence-electron chi connectivity index (χ3n) is 2.84. The lowest BCUT2D eigenvalue weighted by atomic mass is 10.3. The normalized spacial score (nSPS) is 11.7. The number of thioether (sulfide) groups is 1. The van der Waals surface area contributed by atoms with E-state index in [-0.39, 0.29) is 11.2 Å². The first-order valence-electron chi connectivity index (χ1n) is 6.94. The molecule has 0 unspecified atom stereocenters. The molecule has 0 spiro atoms. The van der Waals surface area contributed by atoms with Crippen molar-refractivity contribution in [2.45, 2.75) is 24.0 Å². The molecule has 2 aromatic carbocycles. The van der Waals surface area contributed by atoms with Gasteiger partial charge in [0.2, 0.25) is 5.91 Å². The lowest BCUT2D eigenvalue weighted by Gasteiger charge is -2.12. The molecule has 0 fully saturated rings. The maximum Gasteiger partial charge on any atom is 0.237 e. The van der Waals surface area contributed by atoms with Crippen LogP contribution in [0.15, 0.2) is 59.5 Å². The molecule has 0 aliphatic heterocycles. The molecule has 110 valence electrons. The third kappa shape index (κ3) is 4.83. The molecule has 2 aromatic rings. The molecule has 1 amide bonds. The monoisotopic (exact) mass is 301 g/mol. The zero-order chi connectivity index (χ0) is 15.1. The van der Waals surface area contributed by atoms with E-state index in [1.54, 1.807) is 11.8 Å². The Kier molecular flexibility index (Phi) is 5.69. The molecule has 1 atom stereocenters. The van der Waals surface area contributed by atoms with E-state index in [4.69, 9.17) is 4.74 Å². The first-order chi connectivity index (χ1) is 10.2. The summed E-state index contributed by atoms with van der Waals surface area (Å²) in [6.45, 7) is 4.45. The van der Waals surface area contributed by atoms with Gasteiger partial charge in [0.25, 0.3) is 0 Å². The highest BCUT2D eigenvalue weighted by Crippen LogP contribution is 2.24. The van der Waals surface area contributed by atoms with E-state index in [2.05, 4.69) is 5.32 Å². The average Bonchev–Trinajstić information content (AvgIpc) is 2.49. The second kappa shape index (κ2) is 7.74. The van der Waals surface area contributed by atoms with E-state index >= 15 is 0 Å². The van der Waals surface area contributed by atoms with E-state index in [0.29, 0.717) is 6.61 Å². The minimum absolute atomic E-state index is 0.0162. The van der Waals surface area contributed by atoms with Gasteiger partial charge >= 0.3 is 0 Å². The number of carbonyl (C=O) groups excluding carboxylic acids is 1. The summed E-state index contributed by atoms with van der Waals surface area (Å²) < 4.78 is 5.43. The van der Waals surface area contributed by atoms with E-state index in [1.807, 2.05) is 68.4 Å². The minimum Gasteiger partial charge on any atom is -0.494 e. The topological polar surface area (TPSA) is 38.3 Å². The van der Waals surface area contributed by atoms with Crippen LogP contribution < -0.4 is 10.1 Å². The largest absolute Gasteiger partial charge is 0.494 e. The number of hydrogen-bond donors (Lipinski definition) is 1. The lowest BCUT2D eigenvalue weighted by molar-refractivity contribution is -0.115. The van der Waals surface area contributed by atoms with Gasteiger partial charge in [0.1, 0.15) is 5.75 Å². The molecule has 0 saturated carbocycles. The first-order valence-corrected chi connectivity index (χ1v) is 7.82. The van der Waals surface area contributed by atoms with Gasteiger partial charge in [-0.15, -0.1) is 11.8 Å². The molecule has 0 aliphatic carbocycles. The maximum atomic E-state index is 12.2. The third-order valence-corrected chi connectivity index (χ3v) is 3.95. The highest BCUT2D eigenvalue weighted by Gasteiger charge is 2.14. The van der Waals surface area contributed by atoms with E-state index in [9.17, 15) is 4.79 Å². The predicted molar refractivity (Wildman–Crippen MR) is 88.0 cm³/mol. The summed E-state index contributed by atoms with van der Waals surface area (Å²) in [5, 5.41) is 2.76. The molecule has 0 aromatic heterocycles. The van der Waals surface area contributed by atoms with Crippen molar-refractivity contribution in [2.24, 2.45) is 0 Å². The van der Waals surface area contributed by atoms with Crippen LogP contribution >= 0.6 is 11.8 Å². The standard InChI is InChI=1S/C17H19NO2S/c1-3-20-15-9-7-8-14(12-15)18-17(19)13(2)21-16-10-5-4-6-11-16/h4-13H,3H2,1-2H3,(H,18,19)/t13-/m0/s1. The number of ether oxygens (including phenoxy) is 1. The van der Waals surface area contributed by atoms with Gasteiger partial charge in [-0.3, -0.25) is 4.79 Å². The van der Waals surface area contributed by atoms with Gasteiger partial charge in [0, 0.05) is 16.6 Å². The van der Waals surface area contributed by atoms with Crippen molar-refractivity contribution in [1.29, 1.82) is 0 Å². The zero-order valence-electron chi connectivity index (χ0n) is 12.2. The van der Waals surface area contributed by atoms with Crippen molar-refractivity contribution in [3.05, 3.63) is 54.6 Å². The molecular weight excluding hydrogens is 282 g/mol. The van der Waals surface area contributed by atoms with Crippen LogP contribution in [0.25, 0.3) is 0 Å². The molecule has 21 heavy (non-hydrogen) atoms. The Morgan fingerprint density at radius 2 is 1.95 bits per heavy atom. The summed E-state index contributed by atoms with van der Waals surface area (Å²) in [5.41, 5.74) is 0.756. The van der Waals surface area contributed by atoms with Gasteiger partial charge in [0.15, 0.2) is 0 Å². The molecule has 2 rings (SSSR count). The first kappa shape index (κ1) is 15.4. The highest BCUT2D eigenvalue weighted by molar-refractivity contribution is 8.00. The zero-order valence-corrected chi connectivity index (χ0v) is 13.0. The van der Waals surface area contributed by atoms with Crippen molar-refractivity contribution in [2.75, 3.05) is 11.9 Å². The number of carbonyl (C=O) groups is 1. The lowest BCUT2D eigenvalue weighted by Crippen LogP contribution is -2.22. The van der Waals surface area contributed by atoms with Gasteiger partial charge in [-0.2, -0.15) is 0 Å². The second-order valence-corrected chi connectivity index (χ2v) is 5.94. The Hall–Kier alpha value is -1.94. The summed E-state index contributed by atoms with van der Waals surface area (Å²) in [7, 11) is 0. The van der Waals surface area contributed by atoms with Crippen molar-refractivity contribution in [3.8, 4) is 5.75 Å². The Morgan fingerprint density at radius 3 is 2.67 bits per heavy atom. The van der Waals surface area contributed by atoms with Gasteiger partial charge < -0.3 is 10.1 Å². The fourth-order valence-corrected chi connectivity index (χ4v) is 2.72. The van der Waals surface area contributed by atoms with Crippen molar-refractivity contribution in [1.82, 2.24) is 0 Å². The SMILES string of the molecule is CCOc1cccc(NC(=O)[C@H](C)Sc2ccccc2)c1. The van der Waals surface area contributed by atoms with Crippen LogP contribution in [0.1, 0.15) is 13.8 Å². The summed E-state index contributed by atoms with van der Waals surface area (Å²) >= 11 is 1.54. The second-order valence-electron chi connectivity index (χ2n) is 4.52. The summed E-state index contributed by atoms with van der Waals surface area (Å²) in [6, 6.07) is 17.4. The van der Waals surface area contributed by atoms with Crippen molar-refractivity contribution in [3.63, 3.8) is 0 Å². The molecule has 0 bridgehead atoms. The van der Waals surface area contributed by atoms with Crippen LogP contribution in [0.5, 0.6) is 5.75 Å². The smallest absolute Gasteiger partial charge is 0.237 e. The number of nitrogens with one attached hydrogen (secondary N) is 1. The number of rotatable bonds is 6. The molecule has 0 saturated heterocycles. The number of anilines is 1. The molecule has 0 radical (unpaired) electrons. The Labute approximate surface area is 129 Å². The Morgan fingerprint density at radius 1 is 1.19 bits per heavy atom. The molecule has 0 aliphatic rings. The summed E-state index contributed by atoms with van der Waals surface area (Å²) in [5.74, 6) is 0.746. The molecular formula is C17H19NO2S. The van der Waals surface area contributed by atoms with Gasteiger partial charge in [-0.05, 0) is 38.1 Å². The summed E-state index contributed by atoms with van der Waals surface area (Å²) in [4.78, 5) is 13.3. The molecule has 4 heteroatoms. The maximum absolute atomic E-state index is 12.2. The van der Waals surface area contributed by atoms with E-state index < -0.39 is 0 Å². The van der Waals surface area contributed by atoms with Crippen molar-refractivity contribution < 1.29 is 9.53 Å². The van der Waals surface area contributed by atoms with Crippen LogP contribution in [0.4, 0.5) is 5.69 Å². The fraction of sp³-hybridized carbons (Fsp3) is 0.235. The number of hydrogen-bond acceptors (Lipinski definition) is 3. The van der Waals surface area contributed by atoms with Crippen LogP contribution in [-0.2, 0) is 4.79 Å². The van der Waals surface area contributed by atoms with Gasteiger partial charge in [-0.25, -0.2) is 0 Å². The molecule has 0 heterocycles. The van der Waals surface area contributed by atoms with E-state index in [0.717, 1.165) is 16.3 Å². The van der Waals surface area contributed by atoms with Crippen LogP contribution in [0.3, 0.4) is 0 Å². The van der Waals surface area contributed by atoms with Crippen LogP contribution in [0, 0.1) is 0 Å². The quantitative estimate of drug-likeness (QED) is 0.812. The molecule has 1 N–H and O–H groups in total. The summed E-state index contributed by atoms with van der Waals surface area (Å²) in [6.07, 6.45) is 0. The van der Waals surface area contributed by atoms with Crippen LogP contribution in [0.2, 0.25) is 0 Å².